The van der Waals surface area contributed by atoms with Gasteiger partial charge in [0.15, 0.2) is 15.7 Å². The number of rotatable bonds is 7. The number of carbonyl (C=O) groups is 2. The van der Waals surface area contributed by atoms with Crippen molar-refractivity contribution in [3.63, 3.8) is 0 Å². The SMILES string of the molecule is CC#CCOc1ccc(S(=O)(=O)CN(O)C(=O)C2CCN(C(=O)c3cccnc3)CC2)cc1. The molecule has 0 saturated carbocycles. The average Bonchev–Trinajstić information content (AvgIpc) is 2.84. The van der Waals surface area contributed by atoms with Crippen LogP contribution in [0.2, 0.25) is 0 Å². The fourth-order valence-electron chi connectivity index (χ4n) is 3.45. The van der Waals surface area contributed by atoms with Crippen LogP contribution in [-0.2, 0) is 14.6 Å². The molecule has 9 nitrogen and oxygen atoms in total. The number of likely N-dealkylation sites (tertiary alicyclic amines) is 1. The van der Waals surface area contributed by atoms with Gasteiger partial charge in [0.1, 0.15) is 12.4 Å². The zero-order chi connectivity index (χ0) is 23.8. The fraction of sp³-hybridized carbons (Fsp3) is 0.348. The maximum atomic E-state index is 12.6. The van der Waals surface area contributed by atoms with Gasteiger partial charge in [-0.2, -0.15) is 0 Å². The lowest BCUT2D eigenvalue weighted by molar-refractivity contribution is -0.167. The lowest BCUT2D eigenvalue weighted by Crippen LogP contribution is -2.44. The van der Waals surface area contributed by atoms with Crippen molar-refractivity contribution in [3.05, 3.63) is 54.4 Å². The summed E-state index contributed by atoms with van der Waals surface area (Å²) in [7, 11) is -3.95. The highest BCUT2D eigenvalue weighted by Crippen LogP contribution is 2.22. The summed E-state index contributed by atoms with van der Waals surface area (Å²) >= 11 is 0. The van der Waals surface area contributed by atoms with Crippen LogP contribution in [0.1, 0.15) is 30.1 Å². The lowest BCUT2D eigenvalue weighted by atomic mass is 9.95. The smallest absolute Gasteiger partial charge is 0.255 e. The van der Waals surface area contributed by atoms with Crippen LogP contribution >= 0.6 is 0 Å². The molecule has 0 radical (unpaired) electrons. The highest BCUT2D eigenvalue weighted by Gasteiger charge is 2.32. The normalized spacial score (nSPS) is 14.2. The molecular formula is C23H25N3O6S. The summed E-state index contributed by atoms with van der Waals surface area (Å²) in [6, 6.07) is 9.03. The third-order valence-electron chi connectivity index (χ3n) is 5.26. The van der Waals surface area contributed by atoms with Gasteiger partial charge in [0.2, 0.25) is 5.91 Å². The number of hydroxylamine groups is 2. The van der Waals surface area contributed by atoms with E-state index in [1.165, 1.54) is 30.5 Å². The minimum Gasteiger partial charge on any atom is -0.481 e. The second kappa shape index (κ2) is 10.9. The molecule has 174 valence electrons. The largest absolute Gasteiger partial charge is 0.481 e. The molecule has 3 rings (SSSR count). The second-order valence-corrected chi connectivity index (χ2v) is 9.44. The first-order chi connectivity index (χ1) is 15.8. The van der Waals surface area contributed by atoms with Gasteiger partial charge >= 0.3 is 0 Å². The number of amides is 2. The van der Waals surface area contributed by atoms with E-state index in [0.29, 0.717) is 37.2 Å². The molecule has 0 bridgehead atoms. The Labute approximate surface area is 192 Å². The summed E-state index contributed by atoms with van der Waals surface area (Å²) in [4.78, 5) is 30.6. The molecule has 1 aliphatic rings. The van der Waals surface area contributed by atoms with E-state index in [-0.39, 0.29) is 22.5 Å². The van der Waals surface area contributed by atoms with Crippen LogP contribution in [0.4, 0.5) is 0 Å². The molecule has 1 N–H and O–H groups in total. The van der Waals surface area contributed by atoms with E-state index in [1.54, 1.807) is 30.2 Å². The Hall–Kier alpha value is -3.42. The molecule has 10 heteroatoms. The van der Waals surface area contributed by atoms with E-state index in [2.05, 4.69) is 16.8 Å². The Morgan fingerprint density at radius 2 is 1.91 bits per heavy atom. The summed E-state index contributed by atoms with van der Waals surface area (Å²) < 4.78 is 30.6. The molecule has 1 aliphatic heterocycles. The van der Waals surface area contributed by atoms with Crippen molar-refractivity contribution in [1.82, 2.24) is 14.9 Å². The maximum absolute atomic E-state index is 12.6. The Morgan fingerprint density at radius 1 is 1.21 bits per heavy atom. The number of carbonyl (C=O) groups excluding carboxylic acids is 2. The van der Waals surface area contributed by atoms with Crippen LogP contribution in [0.25, 0.3) is 0 Å². The van der Waals surface area contributed by atoms with Crippen molar-refractivity contribution >= 4 is 21.7 Å². The van der Waals surface area contributed by atoms with Gasteiger partial charge < -0.3 is 9.64 Å². The molecule has 2 aromatic rings. The molecule has 0 aliphatic carbocycles. The Morgan fingerprint density at radius 3 is 2.52 bits per heavy atom. The first-order valence-electron chi connectivity index (χ1n) is 10.4. The number of ether oxygens (including phenoxy) is 1. The summed E-state index contributed by atoms with van der Waals surface area (Å²) in [5.74, 6) is 3.61. The third-order valence-corrected chi connectivity index (χ3v) is 6.83. The van der Waals surface area contributed by atoms with Gasteiger partial charge in [0.25, 0.3) is 5.91 Å². The fourth-order valence-corrected chi connectivity index (χ4v) is 4.60. The van der Waals surface area contributed by atoms with E-state index < -0.39 is 27.5 Å². The summed E-state index contributed by atoms with van der Waals surface area (Å²) in [6.07, 6.45) is 3.72. The van der Waals surface area contributed by atoms with Crippen molar-refractivity contribution in [2.24, 2.45) is 5.92 Å². The van der Waals surface area contributed by atoms with Crippen molar-refractivity contribution in [1.29, 1.82) is 0 Å². The van der Waals surface area contributed by atoms with Gasteiger partial charge in [-0.1, -0.05) is 5.92 Å². The van der Waals surface area contributed by atoms with E-state index in [4.69, 9.17) is 4.74 Å². The number of piperidine rings is 1. The van der Waals surface area contributed by atoms with Gasteiger partial charge in [0.05, 0.1) is 10.5 Å². The number of benzene rings is 1. The average molecular weight is 472 g/mol. The first-order valence-corrected chi connectivity index (χ1v) is 12.0. The number of aromatic nitrogens is 1. The standard InChI is InChI=1S/C23H25N3O6S/c1-2-3-15-32-20-6-8-21(9-7-20)33(30,31)17-26(29)23(28)18-10-13-25(14-11-18)22(27)19-5-4-12-24-16-19/h4-9,12,16,18,29H,10-11,13-15,17H2,1H3. The molecular weight excluding hydrogens is 446 g/mol. The second-order valence-electron chi connectivity index (χ2n) is 7.48. The van der Waals surface area contributed by atoms with Gasteiger partial charge in [-0.15, -0.1) is 5.92 Å². The van der Waals surface area contributed by atoms with Crippen LogP contribution in [0.15, 0.2) is 53.7 Å². The van der Waals surface area contributed by atoms with Gasteiger partial charge in [-0.05, 0) is 56.2 Å². The Balaban J connectivity index is 1.54. The highest BCUT2D eigenvalue weighted by atomic mass is 32.2. The van der Waals surface area contributed by atoms with Crippen molar-refractivity contribution in [2.75, 3.05) is 25.6 Å². The Bertz CT molecular complexity index is 1130. The van der Waals surface area contributed by atoms with Gasteiger partial charge in [-0.3, -0.25) is 19.8 Å². The van der Waals surface area contributed by atoms with Crippen LogP contribution in [0.3, 0.4) is 0 Å². The predicted octanol–water partition coefficient (Wildman–Crippen LogP) is 1.99. The van der Waals surface area contributed by atoms with Crippen LogP contribution in [-0.4, -0.2) is 66.0 Å². The number of nitrogens with zero attached hydrogens (tertiary/aromatic N) is 3. The molecule has 1 aromatic carbocycles. The minimum absolute atomic E-state index is 0.0415. The summed E-state index contributed by atoms with van der Waals surface area (Å²) in [6.45, 7) is 2.53. The lowest BCUT2D eigenvalue weighted by Gasteiger charge is -2.32. The van der Waals surface area contributed by atoms with Crippen LogP contribution in [0, 0.1) is 17.8 Å². The van der Waals surface area contributed by atoms with Crippen molar-refractivity contribution < 1.29 is 28.0 Å². The molecule has 2 heterocycles. The molecule has 1 aromatic heterocycles. The van der Waals surface area contributed by atoms with E-state index >= 15 is 0 Å². The number of hydrogen-bond donors (Lipinski definition) is 1. The van der Waals surface area contributed by atoms with Crippen molar-refractivity contribution in [3.8, 4) is 17.6 Å². The van der Waals surface area contributed by atoms with Crippen molar-refractivity contribution in [2.45, 2.75) is 24.7 Å². The van der Waals surface area contributed by atoms with Gasteiger partial charge in [-0.25, -0.2) is 13.5 Å². The number of pyridine rings is 1. The van der Waals surface area contributed by atoms with E-state index in [9.17, 15) is 23.2 Å². The zero-order valence-electron chi connectivity index (χ0n) is 18.2. The monoisotopic (exact) mass is 471 g/mol. The quantitative estimate of drug-likeness (QED) is 0.373. The maximum Gasteiger partial charge on any atom is 0.255 e. The third kappa shape index (κ3) is 6.31. The molecule has 1 saturated heterocycles. The molecule has 0 atom stereocenters. The molecule has 0 spiro atoms. The van der Waals surface area contributed by atoms with Crippen LogP contribution < -0.4 is 4.74 Å². The zero-order valence-corrected chi connectivity index (χ0v) is 19.0. The Kier molecular flexibility index (Phi) is 8.03. The molecule has 33 heavy (non-hydrogen) atoms. The topological polar surface area (TPSA) is 117 Å². The molecule has 2 amide bonds. The molecule has 0 unspecified atom stereocenters. The number of sulfone groups is 1. The summed E-state index contributed by atoms with van der Waals surface area (Å²) in [5.41, 5.74) is 0.465. The summed E-state index contributed by atoms with van der Waals surface area (Å²) in [5, 5.41) is 10.4. The van der Waals surface area contributed by atoms with Crippen LogP contribution in [0.5, 0.6) is 5.75 Å². The number of hydrogen-bond acceptors (Lipinski definition) is 7. The highest BCUT2D eigenvalue weighted by molar-refractivity contribution is 7.91. The van der Waals surface area contributed by atoms with E-state index in [0.717, 1.165) is 0 Å². The minimum atomic E-state index is -3.95. The van der Waals surface area contributed by atoms with E-state index in [1.807, 2.05) is 0 Å². The molecule has 1 fully saturated rings. The predicted molar refractivity (Wildman–Crippen MR) is 119 cm³/mol. The first kappa shape index (κ1) is 24.2. The van der Waals surface area contributed by atoms with Gasteiger partial charge in [0, 0.05) is 31.4 Å².